The fourth-order valence-electron chi connectivity index (χ4n) is 3.42. The number of benzene rings is 2. The van der Waals surface area contributed by atoms with Crippen LogP contribution in [-0.4, -0.2) is 34.3 Å². The second-order valence-corrected chi connectivity index (χ2v) is 9.03. The predicted octanol–water partition coefficient (Wildman–Crippen LogP) is 3.92. The number of hydrogen-bond acceptors (Lipinski definition) is 7. The molecule has 2 N–H and O–H groups in total. The van der Waals surface area contributed by atoms with E-state index in [1.54, 1.807) is 30.8 Å². The number of rotatable bonds is 13. The highest BCUT2D eigenvalue weighted by molar-refractivity contribution is 7.99. The van der Waals surface area contributed by atoms with Crippen molar-refractivity contribution in [3.8, 4) is 11.5 Å². The van der Waals surface area contributed by atoms with Crippen LogP contribution in [0, 0.1) is 5.92 Å². The number of aromatic hydroxyl groups is 1. The van der Waals surface area contributed by atoms with Gasteiger partial charge in [0, 0.05) is 22.2 Å². The number of carbonyl (C=O) groups excluding carboxylic acids is 2. The molecule has 0 unspecified atom stereocenters. The standard InChI is InChI=1S/C25H32O6S/c1-4-6-21-22(12-11-20(17(3)26)25(21)30)31-13-5-14-32-19-9-7-18(8-10-19)24(29)16(2)15-23(27)28/h7-12,16,24,29-30H,4-6,13-15H2,1-3H3,(H,27,28)/p-1/t16-,24+/m1/s1. The highest BCUT2D eigenvalue weighted by Gasteiger charge is 2.17. The van der Waals surface area contributed by atoms with E-state index in [-0.39, 0.29) is 18.0 Å². The van der Waals surface area contributed by atoms with Crippen LogP contribution in [0.25, 0.3) is 0 Å². The van der Waals surface area contributed by atoms with Crippen LogP contribution in [0.4, 0.5) is 0 Å². The molecule has 174 valence electrons. The van der Waals surface area contributed by atoms with Crippen LogP contribution in [0.1, 0.15) is 67.6 Å². The minimum absolute atomic E-state index is 0.0161. The van der Waals surface area contributed by atoms with Crippen molar-refractivity contribution in [1.29, 1.82) is 0 Å². The Labute approximate surface area is 193 Å². The predicted molar refractivity (Wildman–Crippen MR) is 123 cm³/mol. The van der Waals surface area contributed by atoms with Crippen LogP contribution in [0.3, 0.4) is 0 Å². The Hall–Kier alpha value is -2.51. The number of Topliss-reactive ketones (excluding diaryl/α,β-unsaturated/α-hetero) is 1. The van der Waals surface area contributed by atoms with Gasteiger partial charge in [0.1, 0.15) is 11.5 Å². The molecule has 0 aromatic heterocycles. The second kappa shape index (κ2) is 12.5. The molecule has 0 spiro atoms. The fourth-order valence-corrected chi connectivity index (χ4v) is 4.25. The van der Waals surface area contributed by atoms with Gasteiger partial charge in [0.05, 0.1) is 18.3 Å². The van der Waals surface area contributed by atoms with Crippen molar-refractivity contribution < 1.29 is 29.6 Å². The molecule has 0 aliphatic rings. The van der Waals surface area contributed by atoms with Gasteiger partial charge in [-0.1, -0.05) is 32.4 Å². The maximum absolute atomic E-state index is 11.7. The van der Waals surface area contributed by atoms with Gasteiger partial charge in [-0.25, -0.2) is 0 Å². The molecule has 0 bridgehead atoms. The summed E-state index contributed by atoms with van der Waals surface area (Å²) in [6.45, 7) is 5.61. The van der Waals surface area contributed by atoms with Crippen LogP contribution in [0.15, 0.2) is 41.3 Å². The van der Waals surface area contributed by atoms with Gasteiger partial charge >= 0.3 is 0 Å². The Balaban J connectivity index is 1.85. The molecule has 0 amide bonds. The van der Waals surface area contributed by atoms with E-state index in [0.29, 0.717) is 35.5 Å². The molecule has 0 radical (unpaired) electrons. The normalized spacial score (nSPS) is 12.9. The van der Waals surface area contributed by atoms with Crippen molar-refractivity contribution in [2.24, 2.45) is 5.92 Å². The Morgan fingerprint density at radius 2 is 1.84 bits per heavy atom. The molecule has 2 rings (SSSR count). The van der Waals surface area contributed by atoms with Crippen LogP contribution >= 0.6 is 11.8 Å². The van der Waals surface area contributed by atoms with Gasteiger partial charge in [-0.3, -0.25) is 4.79 Å². The number of aliphatic hydroxyl groups excluding tert-OH is 1. The third-order valence-corrected chi connectivity index (χ3v) is 6.28. The number of carboxylic acid groups (broad SMARTS) is 1. The fraction of sp³-hybridized carbons (Fsp3) is 0.440. The summed E-state index contributed by atoms with van der Waals surface area (Å²) in [7, 11) is 0. The van der Waals surface area contributed by atoms with E-state index in [1.807, 2.05) is 31.2 Å². The molecule has 0 aliphatic carbocycles. The number of hydrogen-bond donors (Lipinski definition) is 2. The van der Waals surface area contributed by atoms with E-state index in [2.05, 4.69) is 0 Å². The van der Waals surface area contributed by atoms with Crippen molar-refractivity contribution in [3.63, 3.8) is 0 Å². The lowest BCUT2D eigenvalue weighted by molar-refractivity contribution is -0.307. The van der Waals surface area contributed by atoms with E-state index in [9.17, 15) is 24.9 Å². The third-order valence-electron chi connectivity index (χ3n) is 5.18. The summed E-state index contributed by atoms with van der Waals surface area (Å²) in [4.78, 5) is 23.4. The summed E-state index contributed by atoms with van der Waals surface area (Å²) >= 11 is 1.66. The summed E-state index contributed by atoms with van der Waals surface area (Å²) < 4.78 is 5.88. The lowest BCUT2D eigenvalue weighted by Gasteiger charge is -2.19. The van der Waals surface area contributed by atoms with Gasteiger partial charge in [0.2, 0.25) is 0 Å². The number of phenolic OH excluding ortho intramolecular Hbond substituents is 1. The maximum atomic E-state index is 11.7. The van der Waals surface area contributed by atoms with E-state index < -0.39 is 18.0 Å². The topological polar surface area (TPSA) is 107 Å². The molecule has 0 saturated heterocycles. The quantitative estimate of drug-likeness (QED) is 0.266. The highest BCUT2D eigenvalue weighted by Crippen LogP contribution is 2.33. The summed E-state index contributed by atoms with van der Waals surface area (Å²) in [5, 5.41) is 31.4. The smallest absolute Gasteiger partial charge is 0.163 e. The van der Waals surface area contributed by atoms with Crippen LogP contribution in [0.2, 0.25) is 0 Å². The van der Waals surface area contributed by atoms with Gasteiger partial charge < -0.3 is 24.9 Å². The third kappa shape index (κ3) is 7.28. The molecule has 7 heteroatoms. The zero-order chi connectivity index (χ0) is 23.7. The first kappa shape index (κ1) is 25.7. The lowest BCUT2D eigenvalue weighted by atomic mass is 9.95. The van der Waals surface area contributed by atoms with E-state index in [0.717, 1.165) is 23.5 Å². The summed E-state index contributed by atoms with van der Waals surface area (Å²) in [6, 6.07) is 10.8. The molecule has 0 aliphatic heterocycles. The first-order valence-corrected chi connectivity index (χ1v) is 11.8. The second-order valence-electron chi connectivity index (χ2n) is 7.86. The molecule has 2 atom stereocenters. The zero-order valence-electron chi connectivity index (χ0n) is 18.8. The number of ether oxygens (including phenoxy) is 1. The molecule has 0 fully saturated rings. The first-order valence-electron chi connectivity index (χ1n) is 10.8. The molecular weight excluding hydrogens is 428 g/mol. The number of thioether (sulfide) groups is 1. The van der Waals surface area contributed by atoms with Crippen molar-refractivity contribution >= 4 is 23.5 Å². The number of carboxylic acids is 1. The molecule has 0 heterocycles. The molecule has 2 aromatic rings. The van der Waals surface area contributed by atoms with Gasteiger partial charge in [-0.2, -0.15) is 0 Å². The Bertz CT molecular complexity index is 909. The van der Waals surface area contributed by atoms with Gasteiger partial charge in [-0.15, -0.1) is 11.8 Å². The van der Waals surface area contributed by atoms with Gasteiger partial charge in [0.25, 0.3) is 0 Å². The van der Waals surface area contributed by atoms with E-state index >= 15 is 0 Å². The molecule has 6 nitrogen and oxygen atoms in total. The summed E-state index contributed by atoms with van der Waals surface area (Å²) in [5.41, 5.74) is 1.68. The van der Waals surface area contributed by atoms with E-state index in [4.69, 9.17) is 4.74 Å². The van der Waals surface area contributed by atoms with Crippen molar-refractivity contribution in [1.82, 2.24) is 0 Å². The van der Waals surface area contributed by atoms with Gasteiger partial charge in [0.15, 0.2) is 5.78 Å². The van der Waals surface area contributed by atoms with Crippen molar-refractivity contribution in [3.05, 3.63) is 53.1 Å². The minimum atomic E-state index is -1.17. The highest BCUT2D eigenvalue weighted by atomic mass is 32.2. The van der Waals surface area contributed by atoms with E-state index in [1.165, 1.54) is 6.92 Å². The Morgan fingerprint density at radius 1 is 1.16 bits per heavy atom. The largest absolute Gasteiger partial charge is 0.550 e. The van der Waals surface area contributed by atoms with Gasteiger partial charge in [-0.05, 0) is 61.9 Å². The minimum Gasteiger partial charge on any atom is -0.550 e. The average molecular weight is 460 g/mol. The van der Waals surface area contributed by atoms with Crippen LogP contribution < -0.4 is 9.84 Å². The number of aliphatic carboxylic acids is 1. The average Bonchev–Trinajstić information content (AvgIpc) is 2.75. The van der Waals surface area contributed by atoms with Crippen molar-refractivity contribution in [2.45, 2.75) is 57.5 Å². The lowest BCUT2D eigenvalue weighted by Crippen LogP contribution is -2.26. The molecule has 32 heavy (non-hydrogen) atoms. The monoisotopic (exact) mass is 459 g/mol. The number of carbonyl (C=O) groups is 2. The number of aliphatic hydroxyl groups is 1. The summed E-state index contributed by atoms with van der Waals surface area (Å²) in [5.74, 6) is -0.306. The summed E-state index contributed by atoms with van der Waals surface area (Å²) in [6.07, 6.45) is 1.23. The zero-order valence-corrected chi connectivity index (χ0v) is 19.6. The van der Waals surface area contributed by atoms with Crippen molar-refractivity contribution in [2.75, 3.05) is 12.4 Å². The molecule has 0 saturated carbocycles. The Kier molecular flexibility index (Phi) is 10.1. The number of phenols is 1. The number of ketones is 1. The maximum Gasteiger partial charge on any atom is 0.163 e. The SMILES string of the molecule is CCCc1c(OCCCSc2ccc([C@@H](O)[C@H](C)CC(=O)[O-])cc2)ccc(C(C)=O)c1O. The molecule has 2 aromatic carbocycles. The van der Waals surface area contributed by atoms with Crippen LogP contribution in [-0.2, 0) is 11.2 Å². The molecular formula is C25H31O6S-. The first-order chi connectivity index (χ1) is 15.2. The Morgan fingerprint density at radius 3 is 2.44 bits per heavy atom. The van der Waals surface area contributed by atoms with Crippen LogP contribution in [0.5, 0.6) is 11.5 Å².